The normalized spacial score (nSPS) is 13.4. The Balaban J connectivity index is 2.01. The van der Waals surface area contributed by atoms with Crippen LogP contribution < -0.4 is 4.90 Å². The Morgan fingerprint density at radius 1 is 1.21 bits per heavy atom. The Morgan fingerprint density at radius 2 is 2.00 bits per heavy atom. The first-order valence-electron chi connectivity index (χ1n) is 7.81. The Labute approximate surface area is 139 Å². The quantitative estimate of drug-likeness (QED) is 0.793. The molecule has 2 aromatic carbocycles. The molecule has 0 spiro atoms. The van der Waals surface area contributed by atoms with Crippen LogP contribution in [0.3, 0.4) is 0 Å². The van der Waals surface area contributed by atoms with E-state index in [1.54, 1.807) is 36.1 Å². The highest BCUT2D eigenvalue weighted by Gasteiger charge is 2.27. The SMILES string of the molecule is COC(=O)c1cccc2c1CCCN2C(=O)c1ccc(C)c(F)c1. The molecule has 1 amide bonds. The summed E-state index contributed by atoms with van der Waals surface area (Å²) in [6.45, 7) is 2.19. The van der Waals surface area contributed by atoms with Crippen LogP contribution in [0.15, 0.2) is 36.4 Å². The first-order valence-corrected chi connectivity index (χ1v) is 7.81. The summed E-state index contributed by atoms with van der Waals surface area (Å²) in [4.78, 5) is 26.4. The number of nitrogens with zero attached hydrogens (tertiary/aromatic N) is 1. The van der Waals surface area contributed by atoms with E-state index in [4.69, 9.17) is 4.74 Å². The van der Waals surface area contributed by atoms with Gasteiger partial charge in [0.05, 0.1) is 12.7 Å². The number of hydrogen-bond acceptors (Lipinski definition) is 3. The molecule has 5 heteroatoms. The third-order valence-corrected chi connectivity index (χ3v) is 4.32. The predicted octanol–water partition coefficient (Wildman–Crippen LogP) is 3.51. The number of esters is 1. The van der Waals surface area contributed by atoms with E-state index in [-0.39, 0.29) is 5.91 Å². The lowest BCUT2D eigenvalue weighted by Gasteiger charge is -2.30. The molecule has 1 aliphatic heterocycles. The van der Waals surface area contributed by atoms with Crippen molar-refractivity contribution in [3.63, 3.8) is 0 Å². The summed E-state index contributed by atoms with van der Waals surface area (Å²) < 4.78 is 18.6. The highest BCUT2D eigenvalue weighted by atomic mass is 19.1. The zero-order valence-electron chi connectivity index (χ0n) is 13.6. The topological polar surface area (TPSA) is 46.6 Å². The summed E-state index contributed by atoms with van der Waals surface area (Å²) in [7, 11) is 1.34. The number of carbonyl (C=O) groups excluding carboxylic acids is 2. The molecule has 0 atom stereocenters. The number of ether oxygens (including phenoxy) is 1. The van der Waals surface area contributed by atoms with E-state index in [0.717, 1.165) is 12.0 Å². The second kappa shape index (κ2) is 6.43. The van der Waals surface area contributed by atoms with Crippen LogP contribution in [0, 0.1) is 12.7 Å². The van der Waals surface area contributed by atoms with Crippen molar-refractivity contribution < 1.29 is 18.7 Å². The lowest BCUT2D eigenvalue weighted by atomic mass is 9.95. The van der Waals surface area contributed by atoms with Crippen molar-refractivity contribution in [1.82, 2.24) is 0 Å². The zero-order valence-corrected chi connectivity index (χ0v) is 13.6. The van der Waals surface area contributed by atoms with Crippen LogP contribution in [0.2, 0.25) is 0 Å². The number of rotatable bonds is 2. The van der Waals surface area contributed by atoms with Crippen molar-refractivity contribution in [3.05, 3.63) is 64.5 Å². The molecule has 1 heterocycles. The molecule has 1 aliphatic rings. The molecule has 0 radical (unpaired) electrons. The second-order valence-electron chi connectivity index (χ2n) is 5.82. The van der Waals surface area contributed by atoms with Crippen molar-refractivity contribution in [1.29, 1.82) is 0 Å². The number of hydrogen-bond donors (Lipinski definition) is 0. The molecule has 4 nitrogen and oxygen atoms in total. The van der Waals surface area contributed by atoms with Crippen LogP contribution in [-0.4, -0.2) is 25.5 Å². The van der Waals surface area contributed by atoms with E-state index in [2.05, 4.69) is 0 Å². The fraction of sp³-hybridized carbons (Fsp3) is 0.263. The van der Waals surface area contributed by atoms with E-state index in [1.807, 2.05) is 6.07 Å². The Hall–Kier alpha value is -2.69. The van der Waals surface area contributed by atoms with Crippen molar-refractivity contribution in [2.75, 3.05) is 18.6 Å². The molecule has 124 valence electrons. The first-order chi connectivity index (χ1) is 11.5. The average Bonchev–Trinajstić information content (AvgIpc) is 2.61. The van der Waals surface area contributed by atoms with E-state index >= 15 is 0 Å². The van der Waals surface area contributed by atoms with Crippen LogP contribution in [0.4, 0.5) is 10.1 Å². The molecule has 0 N–H and O–H groups in total. The van der Waals surface area contributed by atoms with Gasteiger partial charge in [-0.05, 0) is 55.2 Å². The van der Waals surface area contributed by atoms with Gasteiger partial charge in [0.25, 0.3) is 5.91 Å². The van der Waals surface area contributed by atoms with Crippen molar-refractivity contribution in [3.8, 4) is 0 Å². The number of anilines is 1. The van der Waals surface area contributed by atoms with E-state index < -0.39 is 11.8 Å². The summed E-state index contributed by atoms with van der Waals surface area (Å²) in [5.74, 6) is -1.08. The fourth-order valence-electron chi connectivity index (χ4n) is 3.02. The number of aryl methyl sites for hydroxylation is 1. The molecular weight excluding hydrogens is 309 g/mol. The lowest BCUT2D eigenvalue weighted by molar-refractivity contribution is 0.0599. The monoisotopic (exact) mass is 327 g/mol. The highest BCUT2D eigenvalue weighted by molar-refractivity contribution is 6.07. The Bertz CT molecular complexity index is 816. The number of fused-ring (bicyclic) bond motifs is 1. The number of amides is 1. The standard InChI is InChI=1S/C19H18FNO3/c1-12-8-9-13(11-16(12)20)18(22)21-10-4-6-14-15(19(23)24-2)5-3-7-17(14)21/h3,5,7-9,11H,4,6,10H2,1-2H3. The van der Waals surface area contributed by atoms with Gasteiger partial charge in [0.2, 0.25) is 0 Å². The van der Waals surface area contributed by atoms with Crippen molar-refractivity contribution in [2.24, 2.45) is 0 Å². The van der Waals surface area contributed by atoms with Gasteiger partial charge in [-0.3, -0.25) is 4.79 Å². The van der Waals surface area contributed by atoms with Crippen molar-refractivity contribution >= 4 is 17.6 Å². The maximum absolute atomic E-state index is 13.8. The minimum atomic E-state index is -0.414. The predicted molar refractivity (Wildman–Crippen MR) is 88.9 cm³/mol. The van der Waals surface area contributed by atoms with E-state index in [0.29, 0.717) is 35.3 Å². The number of methoxy groups -OCH3 is 1. The van der Waals surface area contributed by atoms with Gasteiger partial charge in [-0.15, -0.1) is 0 Å². The van der Waals surface area contributed by atoms with Gasteiger partial charge in [-0.1, -0.05) is 12.1 Å². The third kappa shape index (κ3) is 2.77. The second-order valence-corrected chi connectivity index (χ2v) is 5.82. The summed E-state index contributed by atoms with van der Waals surface area (Å²) in [6, 6.07) is 9.72. The van der Waals surface area contributed by atoms with Crippen LogP contribution in [0.1, 0.15) is 38.3 Å². The summed E-state index contributed by atoms with van der Waals surface area (Å²) in [5, 5.41) is 0. The maximum atomic E-state index is 13.8. The Morgan fingerprint density at radius 3 is 2.71 bits per heavy atom. The van der Waals surface area contributed by atoms with Crippen LogP contribution in [0.5, 0.6) is 0 Å². The number of benzene rings is 2. The molecule has 0 aromatic heterocycles. The van der Waals surface area contributed by atoms with Gasteiger partial charge in [0.15, 0.2) is 0 Å². The lowest BCUT2D eigenvalue weighted by Crippen LogP contribution is -2.36. The molecule has 0 fully saturated rings. The molecule has 0 unspecified atom stereocenters. The minimum Gasteiger partial charge on any atom is -0.465 e. The largest absolute Gasteiger partial charge is 0.465 e. The third-order valence-electron chi connectivity index (χ3n) is 4.32. The van der Waals surface area contributed by atoms with Crippen LogP contribution >= 0.6 is 0 Å². The van der Waals surface area contributed by atoms with Gasteiger partial charge in [-0.2, -0.15) is 0 Å². The summed E-state index contributed by atoms with van der Waals surface area (Å²) in [6.07, 6.45) is 1.44. The van der Waals surface area contributed by atoms with E-state index in [1.165, 1.54) is 13.2 Å². The number of carbonyl (C=O) groups is 2. The molecular formula is C19H18FNO3. The molecule has 24 heavy (non-hydrogen) atoms. The van der Waals surface area contributed by atoms with Gasteiger partial charge in [0, 0.05) is 17.8 Å². The van der Waals surface area contributed by atoms with E-state index in [9.17, 15) is 14.0 Å². The maximum Gasteiger partial charge on any atom is 0.338 e. The van der Waals surface area contributed by atoms with Crippen LogP contribution in [0.25, 0.3) is 0 Å². The smallest absolute Gasteiger partial charge is 0.338 e. The first kappa shape index (κ1) is 16.2. The van der Waals surface area contributed by atoms with Gasteiger partial charge >= 0.3 is 5.97 Å². The van der Waals surface area contributed by atoms with Gasteiger partial charge < -0.3 is 9.64 Å². The molecule has 3 rings (SSSR count). The van der Waals surface area contributed by atoms with Crippen LogP contribution in [-0.2, 0) is 11.2 Å². The molecule has 0 saturated heterocycles. The highest BCUT2D eigenvalue weighted by Crippen LogP contribution is 2.31. The fourth-order valence-corrected chi connectivity index (χ4v) is 3.02. The summed E-state index contributed by atoms with van der Waals surface area (Å²) in [5.41, 5.74) is 2.77. The van der Waals surface area contributed by atoms with Gasteiger partial charge in [-0.25, -0.2) is 9.18 Å². The number of halogens is 1. The van der Waals surface area contributed by atoms with Crippen molar-refractivity contribution in [2.45, 2.75) is 19.8 Å². The molecule has 0 aliphatic carbocycles. The molecule has 2 aromatic rings. The van der Waals surface area contributed by atoms with Gasteiger partial charge in [0.1, 0.15) is 5.82 Å². The molecule has 0 bridgehead atoms. The minimum absolute atomic E-state index is 0.267. The summed E-state index contributed by atoms with van der Waals surface area (Å²) >= 11 is 0. The Kier molecular flexibility index (Phi) is 4.34. The molecule has 0 saturated carbocycles. The average molecular weight is 327 g/mol. The zero-order chi connectivity index (χ0) is 17.3.